The van der Waals surface area contributed by atoms with Gasteiger partial charge in [0, 0.05) is 11.8 Å². The van der Waals surface area contributed by atoms with Crippen molar-refractivity contribution in [1.29, 1.82) is 0 Å². The minimum absolute atomic E-state index is 0.00836. The predicted octanol–water partition coefficient (Wildman–Crippen LogP) is -0.0432. The van der Waals surface area contributed by atoms with Gasteiger partial charge in [0.2, 0.25) is 0 Å². The molecule has 3 aliphatic rings. The van der Waals surface area contributed by atoms with Gasteiger partial charge in [-0.15, -0.1) is 0 Å². The van der Waals surface area contributed by atoms with E-state index in [2.05, 4.69) is 0 Å². The molecule has 15 unspecified atom stereocenters. The Morgan fingerprint density at radius 2 is 1.50 bits per heavy atom. The molecule has 15 atom stereocenters. The van der Waals surface area contributed by atoms with Crippen molar-refractivity contribution in [1.82, 2.24) is 0 Å². The quantitative estimate of drug-likeness (QED) is 0.246. The average molecular weight is 549 g/mol. The molecule has 3 rings (SSSR count). The summed E-state index contributed by atoms with van der Waals surface area (Å²) in [6, 6.07) is 0. The number of carbonyl (C=O) groups is 1. The van der Waals surface area contributed by atoms with Crippen molar-refractivity contribution in [2.45, 2.75) is 128 Å². The van der Waals surface area contributed by atoms with Crippen LogP contribution in [0, 0.1) is 29.6 Å². The molecule has 1 aliphatic carbocycles. The van der Waals surface area contributed by atoms with E-state index in [0.717, 1.165) is 0 Å². The van der Waals surface area contributed by atoms with Crippen LogP contribution in [0.1, 0.15) is 61.3 Å². The Kier molecular flexibility index (Phi) is 10.3. The number of rotatable bonds is 6. The fraction of sp³-hybridized carbons (Fsp3) is 0.963. The second-order valence-electron chi connectivity index (χ2n) is 12.5. The lowest BCUT2D eigenvalue weighted by Gasteiger charge is -2.52. The Morgan fingerprint density at radius 1 is 0.868 bits per heavy atom. The highest BCUT2D eigenvalue weighted by Crippen LogP contribution is 2.44. The highest BCUT2D eigenvalue weighted by molar-refractivity contribution is 5.74. The van der Waals surface area contributed by atoms with Crippen molar-refractivity contribution in [3.05, 3.63) is 0 Å². The molecule has 3 fully saturated rings. The Balaban J connectivity index is 1.84. The SMILES string of the molecule is CCC1OC(C2C(C)CC(C)C(OC3OC(CO)C(O)C(C(=O)OC(C)(C)C)C3O)C2O)C(C)C(O)C1O. The Labute approximate surface area is 225 Å². The van der Waals surface area contributed by atoms with Crippen molar-refractivity contribution >= 4 is 5.97 Å². The van der Waals surface area contributed by atoms with Crippen LogP contribution in [-0.2, 0) is 23.7 Å². The van der Waals surface area contributed by atoms with E-state index in [1.165, 1.54) is 0 Å². The highest BCUT2D eigenvalue weighted by Gasteiger charge is 2.55. The van der Waals surface area contributed by atoms with Gasteiger partial charge >= 0.3 is 5.97 Å². The molecule has 222 valence electrons. The van der Waals surface area contributed by atoms with E-state index in [4.69, 9.17) is 18.9 Å². The molecule has 2 saturated heterocycles. The molecule has 38 heavy (non-hydrogen) atoms. The molecular formula is C27H48O11. The van der Waals surface area contributed by atoms with E-state index in [9.17, 15) is 35.4 Å². The highest BCUT2D eigenvalue weighted by atomic mass is 16.7. The van der Waals surface area contributed by atoms with E-state index in [-0.39, 0.29) is 11.8 Å². The number of hydrogen-bond acceptors (Lipinski definition) is 11. The molecule has 2 heterocycles. The second-order valence-corrected chi connectivity index (χ2v) is 12.5. The first-order valence-corrected chi connectivity index (χ1v) is 13.8. The van der Waals surface area contributed by atoms with Crippen LogP contribution in [0.2, 0.25) is 0 Å². The Hall–Kier alpha value is -0.890. The van der Waals surface area contributed by atoms with Crippen LogP contribution in [0.25, 0.3) is 0 Å². The van der Waals surface area contributed by atoms with Gasteiger partial charge in [0.1, 0.15) is 29.8 Å². The third-order valence-electron chi connectivity index (χ3n) is 8.45. The van der Waals surface area contributed by atoms with Crippen molar-refractivity contribution in [2.24, 2.45) is 29.6 Å². The summed E-state index contributed by atoms with van der Waals surface area (Å²) < 4.78 is 23.4. The Morgan fingerprint density at radius 3 is 2.05 bits per heavy atom. The molecule has 0 aromatic carbocycles. The van der Waals surface area contributed by atoms with Crippen molar-refractivity contribution in [3.63, 3.8) is 0 Å². The van der Waals surface area contributed by atoms with Gasteiger partial charge in [-0.25, -0.2) is 0 Å². The first-order chi connectivity index (χ1) is 17.6. The van der Waals surface area contributed by atoms with Crippen LogP contribution in [0.4, 0.5) is 0 Å². The van der Waals surface area contributed by atoms with E-state index >= 15 is 0 Å². The van der Waals surface area contributed by atoms with Gasteiger partial charge in [-0.3, -0.25) is 4.79 Å². The Bertz CT molecular complexity index is 785. The summed E-state index contributed by atoms with van der Waals surface area (Å²) >= 11 is 0. The second kappa shape index (κ2) is 12.3. The fourth-order valence-electron chi connectivity index (χ4n) is 6.42. The minimum atomic E-state index is -1.62. The van der Waals surface area contributed by atoms with Crippen LogP contribution in [0.3, 0.4) is 0 Å². The summed E-state index contributed by atoms with van der Waals surface area (Å²) in [4.78, 5) is 12.9. The zero-order valence-corrected chi connectivity index (χ0v) is 23.5. The molecule has 0 bridgehead atoms. The van der Waals surface area contributed by atoms with E-state index in [1.807, 2.05) is 20.8 Å². The third-order valence-corrected chi connectivity index (χ3v) is 8.45. The molecule has 6 N–H and O–H groups in total. The van der Waals surface area contributed by atoms with Crippen LogP contribution in [0.15, 0.2) is 0 Å². The number of ether oxygens (including phenoxy) is 4. The summed E-state index contributed by atoms with van der Waals surface area (Å²) in [5, 5.41) is 64.2. The van der Waals surface area contributed by atoms with Gasteiger partial charge in [0.15, 0.2) is 6.29 Å². The summed E-state index contributed by atoms with van der Waals surface area (Å²) in [6.07, 6.45) is -9.75. The van der Waals surface area contributed by atoms with Gasteiger partial charge in [0.05, 0.1) is 43.2 Å². The van der Waals surface area contributed by atoms with Gasteiger partial charge in [-0.05, 0) is 45.4 Å². The zero-order chi connectivity index (χ0) is 28.7. The van der Waals surface area contributed by atoms with Crippen molar-refractivity contribution in [3.8, 4) is 0 Å². The van der Waals surface area contributed by atoms with E-state index < -0.39 is 97.2 Å². The number of esters is 1. The number of aliphatic hydroxyl groups is 6. The van der Waals surface area contributed by atoms with E-state index in [1.54, 1.807) is 27.7 Å². The number of hydrogen-bond donors (Lipinski definition) is 6. The summed E-state index contributed by atoms with van der Waals surface area (Å²) in [5.41, 5.74) is -0.873. The van der Waals surface area contributed by atoms with Gasteiger partial charge in [-0.1, -0.05) is 27.7 Å². The van der Waals surface area contributed by atoms with Crippen LogP contribution < -0.4 is 0 Å². The monoisotopic (exact) mass is 548 g/mol. The van der Waals surface area contributed by atoms with Crippen LogP contribution in [0.5, 0.6) is 0 Å². The van der Waals surface area contributed by atoms with Crippen LogP contribution >= 0.6 is 0 Å². The van der Waals surface area contributed by atoms with Crippen LogP contribution in [-0.4, -0.2) is 110 Å². The van der Waals surface area contributed by atoms with Crippen molar-refractivity contribution < 1.29 is 54.4 Å². The first-order valence-electron chi connectivity index (χ1n) is 13.8. The topological polar surface area (TPSA) is 175 Å². The lowest BCUT2D eigenvalue weighted by atomic mass is 9.66. The maximum atomic E-state index is 12.9. The zero-order valence-electron chi connectivity index (χ0n) is 23.5. The number of aliphatic hydroxyl groups excluding tert-OH is 6. The normalized spacial score (nSPS) is 48.5. The minimum Gasteiger partial charge on any atom is -0.460 e. The maximum Gasteiger partial charge on any atom is 0.315 e. The molecule has 0 spiro atoms. The first kappa shape index (κ1) is 31.6. The molecule has 0 aromatic heterocycles. The average Bonchev–Trinajstić information content (AvgIpc) is 2.81. The van der Waals surface area contributed by atoms with Crippen molar-refractivity contribution in [2.75, 3.05) is 6.61 Å². The molecular weight excluding hydrogens is 500 g/mol. The molecule has 1 saturated carbocycles. The van der Waals surface area contributed by atoms with Gasteiger partial charge < -0.3 is 49.6 Å². The standard InChI is InChI=1S/C27H48O11/c1-8-14-20(31)18(29)13(4)24(35-14)16-11(2)9-12(3)23(21(16)32)37-26-22(33)17(19(30)15(10-28)36-26)25(34)38-27(5,6)7/h11-24,26,28-33H,8-10H2,1-7H3. The smallest absolute Gasteiger partial charge is 0.315 e. The summed E-state index contributed by atoms with van der Waals surface area (Å²) in [7, 11) is 0. The fourth-order valence-corrected chi connectivity index (χ4v) is 6.42. The molecule has 2 aliphatic heterocycles. The third kappa shape index (κ3) is 6.37. The molecule has 0 amide bonds. The number of carbonyl (C=O) groups excluding carboxylic acids is 1. The molecule has 0 aromatic rings. The van der Waals surface area contributed by atoms with E-state index in [0.29, 0.717) is 12.8 Å². The molecule has 0 radical (unpaired) electrons. The lowest BCUT2D eigenvalue weighted by Crippen LogP contribution is -2.63. The maximum absolute atomic E-state index is 12.9. The summed E-state index contributed by atoms with van der Waals surface area (Å²) in [5.74, 6) is -3.37. The van der Waals surface area contributed by atoms with Gasteiger partial charge in [-0.2, -0.15) is 0 Å². The largest absolute Gasteiger partial charge is 0.460 e. The predicted molar refractivity (Wildman–Crippen MR) is 135 cm³/mol. The summed E-state index contributed by atoms with van der Waals surface area (Å²) in [6.45, 7) is 11.9. The lowest BCUT2D eigenvalue weighted by molar-refractivity contribution is -0.322. The molecule has 11 nitrogen and oxygen atoms in total. The molecule has 11 heteroatoms. The van der Waals surface area contributed by atoms with Gasteiger partial charge in [0.25, 0.3) is 0 Å².